The molecule has 94 valence electrons. The SMILES string of the molecule is CC(C)CNC(=O)N1CC(F)(F)C(F)(F)C1. The van der Waals surface area contributed by atoms with Crippen molar-refractivity contribution in [3.05, 3.63) is 0 Å². The molecule has 1 aliphatic heterocycles. The van der Waals surface area contributed by atoms with Crippen molar-refractivity contribution < 1.29 is 22.4 Å². The largest absolute Gasteiger partial charge is 0.338 e. The zero-order valence-electron chi connectivity index (χ0n) is 9.07. The highest BCUT2D eigenvalue weighted by Gasteiger charge is 2.63. The standard InChI is InChI=1S/C9H14F4N2O/c1-6(2)3-14-7(16)15-4-8(10,11)9(12,13)5-15/h6H,3-5H2,1-2H3,(H,14,16). The van der Waals surface area contributed by atoms with Gasteiger partial charge in [-0.05, 0) is 5.92 Å². The van der Waals surface area contributed by atoms with E-state index in [-0.39, 0.29) is 12.5 Å². The molecule has 2 amide bonds. The van der Waals surface area contributed by atoms with Gasteiger partial charge in [-0.1, -0.05) is 13.8 Å². The molecule has 0 aromatic carbocycles. The third kappa shape index (κ3) is 2.56. The molecule has 0 unspecified atom stereocenters. The van der Waals surface area contributed by atoms with E-state index in [2.05, 4.69) is 5.32 Å². The highest BCUT2D eigenvalue weighted by atomic mass is 19.3. The molecule has 7 heteroatoms. The summed E-state index contributed by atoms with van der Waals surface area (Å²) in [5.74, 6) is -8.14. The summed E-state index contributed by atoms with van der Waals surface area (Å²) in [6.45, 7) is 1.43. The summed E-state index contributed by atoms with van der Waals surface area (Å²) < 4.78 is 51.0. The Morgan fingerprint density at radius 1 is 1.25 bits per heavy atom. The summed E-state index contributed by atoms with van der Waals surface area (Å²) in [5.41, 5.74) is 0. The second kappa shape index (κ2) is 4.10. The van der Waals surface area contributed by atoms with E-state index in [0.717, 1.165) is 0 Å². The molecule has 0 saturated carbocycles. The van der Waals surface area contributed by atoms with Crippen LogP contribution in [-0.2, 0) is 0 Å². The number of nitrogens with zero attached hydrogens (tertiary/aromatic N) is 1. The van der Waals surface area contributed by atoms with E-state index in [0.29, 0.717) is 4.90 Å². The first kappa shape index (κ1) is 13.1. The molecular weight excluding hydrogens is 228 g/mol. The molecule has 0 radical (unpaired) electrons. The maximum atomic E-state index is 12.8. The Morgan fingerprint density at radius 2 is 1.69 bits per heavy atom. The summed E-state index contributed by atoms with van der Waals surface area (Å²) in [7, 11) is 0. The van der Waals surface area contributed by atoms with Crippen molar-refractivity contribution in [3.63, 3.8) is 0 Å². The fourth-order valence-corrected chi connectivity index (χ4v) is 1.31. The quantitative estimate of drug-likeness (QED) is 0.737. The van der Waals surface area contributed by atoms with Crippen LogP contribution in [0, 0.1) is 5.92 Å². The average Bonchev–Trinajstić information content (AvgIpc) is 2.32. The fraction of sp³-hybridized carbons (Fsp3) is 0.889. The highest BCUT2D eigenvalue weighted by Crippen LogP contribution is 2.40. The molecular formula is C9H14F4N2O. The molecule has 0 spiro atoms. The number of carbonyl (C=O) groups is 1. The van der Waals surface area contributed by atoms with E-state index < -0.39 is 31.0 Å². The van der Waals surface area contributed by atoms with Gasteiger partial charge in [-0.2, -0.15) is 17.6 Å². The number of likely N-dealkylation sites (tertiary alicyclic amines) is 1. The lowest BCUT2D eigenvalue weighted by Gasteiger charge is -2.16. The van der Waals surface area contributed by atoms with Crippen LogP contribution < -0.4 is 5.32 Å². The van der Waals surface area contributed by atoms with Crippen LogP contribution in [0.1, 0.15) is 13.8 Å². The summed E-state index contributed by atoms with van der Waals surface area (Å²) in [5, 5.41) is 2.32. The van der Waals surface area contributed by atoms with Gasteiger partial charge in [-0.3, -0.25) is 0 Å². The molecule has 1 heterocycles. The first-order valence-electron chi connectivity index (χ1n) is 4.94. The summed E-state index contributed by atoms with van der Waals surface area (Å²) >= 11 is 0. The van der Waals surface area contributed by atoms with Gasteiger partial charge in [-0.25, -0.2) is 4.79 Å². The molecule has 0 aromatic rings. The molecule has 16 heavy (non-hydrogen) atoms. The summed E-state index contributed by atoms with van der Waals surface area (Å²) in [6, 6.07) is -0.870. The van der Waals surface area contributed by atoms with Crippen LogP contribution in [0.5, 0.6) is 0 Å². The molecule has 1 aliphatic rings. The zero-order valence-corrected chi connectivity index (χ0v) is 9.07. The number of amides is 2. The van der Waals surface area contributed by atoms with Crippen LogP contribution in [-0.4, -0.2) is 42.4 Å². The average molecular weight is 242 g/mol. The normalized spacial score (nSPS) is 22.6. The van der Waals surface area contributed by atoms with Gasteiger partial charge in [0, 0.05) is 6.54 Å². The van der Waals surface area contributed by atoms with Crippen molar-refractivity contribution in [1.29, 1.82) is 0 Å². The van der Waals surface area contributed by atoms with E-state index in [1.807, 2.05) is 13.8 Å². The number of urea groups is 1. The number of alkyl halides is 4. The van der Waals surface area contributed by atoms with Gasteiger partial charge in [0.05, 0.1) is 13.1 Å². The number of rotatable bonds is 2. The Hall–Kier alpha value is -1.01. The van der Waals surface area contributed by atoms with Crippen LogP contribution >= 0.6 is 0 Å². The first-order valence-corrected chi connectivity index (χ1v) is 4.94. The van der Waals surface area contributed by atoms with Crippen LogP contribution in [0.15, 0.2) is 0 Å². The summed E-state index contributed by atoms with van der Waals surface area (Å²) in [4.78, 5) is 11.7. The van der Waals surface area contributed by atoms with Crippen molar-refractivity contribution in [2.75, 3.05) is 19.6 Å². The van der Waals surface area contributed by atoms with Crippen LogP contribution in [0.3, 0.4) is 0 Å². The van der Waals surface area contributed by atoms with Gasteiger partial charge in [-0.15, -0.1) is 0 Å². The van der Waals surface area contributed by atoms with E-state index in [9.17, 15) is 22.4 Å². The van der Waals surface area contributed by atoms with E-state index in [4.69, 9.17) is 0 Å². The van der Waals surface area contributed by atoms with Gasteiger partial charge in [0.2, 0.25) is 0 Å². The zero-order chi connectivity index (χ0) is 12.6. The highest BCUT2D eigenvalue weighted by molar-refractivity contribution is 5.74. The van der Waals surface area contributed by atoms with Gasteiger partial charge >= 0.3 is 17.9 Å². The molecule has 1 N–H and O–H groups in total. The van der Waals surface area contributed by atoms with Crippen molar-refractivity contribution in [2.24, 2.45) is 5.92 Å². The first-order chi connectivity index (χ1) is 7.16. The van der Waals surface area contributed by atoms with E-state index in [1.54, 1.807) is 0 Å². The minimum atomic E-state index is -4.14. The minimum absolute atomic E-state index is 0.132. The number of carbonyl (C=O) groups excluding carboxylic acids is 1. The Labute approximate surface area is 90.8 Å². The van der Waals surface area contributed by atoms with Crippen molar-refractivity contribution in [2.45, 2.75) is 25.7 Å². The molecule has 1 fully saturated rings. The second-order valence-corrected chi connectivity index (χ2v) is 4.34. The molecule has 3 nitrogen and oxygen atoms in total. The maximum Gasteiger partial charge on any atom is 0.329 e. The topological polar surface area (TPSA) is 32.3 Å². The molecule has 0 atom stereocenters. The number of nitrogens with one attached hydrogen (secondary N) is 1. The maximum absolute atomic E-state index is 12.8. The van der Waals surface area contributed by atoms with Gasteiger partial charge in [0.15, 0.2) is 0 Å². The lowest BCUT2D eigenvalue weighted by atomic mass is 10.2. The summed E-state index contributed by atoms with van der Waals surface area (Å²) in [6.07, 6.45) is 0. The number of hydrogen-bond donors (Lipinski definition) is 1. The monoisotopic (exact) mass is 242 g/mol. The Balaban J connectivity index is 2.56. The van der Waals surface area contributed by atoms with Crippen molar-refractivity contribution >= 4 is 6.03 Å². The molecule has 1 saturated heterocycles. The lowest BCUT2D eigenvalue weighted by molar-refractivity contribution is -0.172. The number of halogens is 4. The predicted molar refractivity (Wildman–Crippen MR) is 49.7 cm³/mol. The van der Waals surface area contributed by atoms with Crippen LogP contribution in [0.25, 0.3) is 0 Å². The smallest absolute Gasteiger partial charge is 0.329 e. The number of hydrogen-bond acceptors (Lipinski definition) is 1. The third-order valence-electron chi connectivity index (χ3n) is 2.26. The molecule has 0 bridgehead atoms. The van der Waals surface area contributed by atoms with Gasteiger partial charge in [0.1, 0.15) is 0 Å². The fourth-order valence-electron chi connectivity index (χ4n) is 1.31. The van der Waals surface area contributed by atoms with Crippen LogP contribution in [0.2, 0.25) is 0 Å². The van der Waals surface area contributed by atoms with Crippen molar-refractivity contribution in [3.8, 4) is 0 Å². The van der Waals surface area contributed by atoms with Gasteiger partial charge < -0.3 is 10.2 Å². The van der Waals surface area contributed by atoms with E-state index >= 15 is 0 Å². The molecule has 0 aliphatic carbocycles. The second-order valence-electron chi connectivity index (χ2n) is 4.34. The van der Waals surface area contributed by atoms with Crippen molar-refractivity contribution in [1.82, 2.24) is 10.2 Å². The third-order valence-corrected chi connectivity index (χ3v) is 2.26. The minimum Gasteiger partial charge on any atom is -0.338 e. The van der Waals surface area contributed by atoms with E-state index in [1.165, 1.54) is 0 Å². The molecule has 0 aromatic heterocycles. The lowest BCUT2D eigenvalue weighted by Crippen LogP contribution is -2.41. The molecule has 1 rings (SSSR count). The Kier molecular flexibility index (Phi) is 3.35. The van der Waals surface area contributed by atoms with Crippen LogP contribution in [0.4, 0.5) is 22.4 Å². The Morgan fingerprint density at radius 3 is 2.06 bits per heavy atom. The van der Waals surface area contributed by atoms with Gasteiger partial charge in [0.25, 0.3) is 0 Å². The Bertz CT molecular complexity index is 265. The predicted octanol–water partition coefficient (Wildman–Crippen LogP) is 1.94.